The summed E-state index contributed by atoms with van der Waals surface area (Å²) in [6.45, 7) is 1.41. The van der Waals surface area contributed by atoms with E-state index in [2.05, 4.69) is 9.88 Å². The summed E-state index contributed by atoms with van der Waals surface area (Å²) >= 11 is 0. The van der Waals surface area contributed by atoms with Crippen LogP contribution in [0.2, 0.25) is 0 Å². The maximum absolute atomic E-state index is 11.0. The Morgan fingerprint density at radius 2 is 2.24 bits per heavy atom. The SMILES string of the molecule is O=[N+]([O-])c1nccn1CC12CCCCCCC1N2CCO. The molecule has 2 fully saturated rings. The molecule has 1 aliphatic carbocycles. The van der Waals surface area contributed by atoms with Crippen molar-refractivity contribution in [2.24, 2.45) is 0 Å². The van der Waals surface area contributed by atoms with Gasteiger partial charge in [0.15, 0.2) is 0 Å². The van der Waals surface area contributed by atoms with Crippen molar-refractivity contribution >= 4 is 5.95 Å². The van der Waals surface area contributed by atoms with Crippen molar-refractivity contribution in [1.29, 1.82) is 0 Å². The van der Waals surface area contributed by atoms with E-state index in [9.17, 15) is 15.2 Å². The minimum atomic E-state index is -0.423. The molecule has 1 N–H and O–H groups in total. The van der Waals surface area contributed by atoms with Gasteiger partial charge in [0.1, 0.15) is 12.4 Å². The molecule has 3 rings (SSSR count). The molecule has 116 valence electrons. The monoisotopic (exact) mass is 294 g/mol. The molecule has 0 radical (unpaired) electrons. The van der Waals surface area contributed by atoms with Crippen molar-refractivity contribution in [1.82, 2.24) is 14.5 Å². The highest BCUT2D eigenvalue weighted by atomic mass is 16.6. The zero-order valence-corrected chi connectivity index (χ0v) is 12.1. The van der Waals surface area contributed by atoms with Crippen LogP contribution in [0, 0.1) is 10.1 Å². The standard InChI is InChI=1S/C14H22N4O3/c19-10-9-17-12-5-3-1-2-4-6-14(12,17)11-16-8-7-15-13(16)18(20)21/h7-8,12,19H,1-6,9-11H2. The Labute approximate surface area is 123 Å². The lowest BCUT2D eigenvalue weighted by atomic mass is 9.90. The van der Waals surface area contributed by atoms with E-state index in [1.165, 1.54) is 25.5 Å². The lowest BCUT2D eigenvalue weighted by molar-refractivity contribution is -0.396. The normalized spacial score (nSPS) is 32.0. The maximum Gasteiger partial charge on any atom is 0.434 e. The van der Waals surface area contributed by atoms with Gasteiger partial charge in [-0.05, 0) is 17.8 Å². The molecule has 7 nitrogen and oxygen atoms in total. The van der Waals surface area contributed by atoms with Crippen molar-refractivity contribution in [3.8, 4) is 0 Å². The molecule has 7 heteroatoms. The van der Waals surface area contributed by atoms with Crippen molar-refractivity contribution in [3.63, 3.8) is 0 Å². The highest BCUT2D eigenvalue weighted by molar-refractivity contribution is 5.19. The van der Waals surface area contributed by atoms with E-state index in [1.807, 2.05) is 0 Å². The number of imidazole rings is 1. The van der Waals surface area contributed by atoms with Crippen LogP contribution >= 0.6 is 0 Å². The van der Waals surface area contributed by atoms with Gasteiger partial charge >= 0.3 is 5.95 Å². The third-order valence-electron chi connectivity index (χ3n) is 4.98. The molecule has 1 saturated carbocycles. The fraction of sp³-hybridized carbons (Fsp3) is 0.786. The Bertz CT molecular complexity index is 512. The smallest absolute Gasteiger partial charge is 0.395 e. The lowest BCUT2D eigenvalue weighted by Gasteiger charge is -2.18. The molecule has 1 aromatic rings. The number of hydrogen-bond donors (Lipinski definition) is 1. The number of rotatable bonds is 5. The van der Waals surface area contributed by atoms with Gasteiger partial charge in [-0.15, -0.1) is 0 Å². The minimum absolute atomic E-state index is 0.0192. The molecule has 0 amide bonds. The lowest BCUT2D eigenvalue weighted by Crippen LogP contribution is -2.28. The van der Waals surface area contributed by atoms with E-state index >= 15 is 0 Å². The van der Waals surface area contributed by atoms with Crippen LogP contribution < -0.4 is 0 Å². The fourth-order valence-electron chi connectivity index (χ4n) is 4.02. The van der Waals surface area contributed by atoms with Crippen molar-refractivity contribution < 1.29 is 10.0 Å². The average molecular weight is 294 g/mol. The van der Waals surface area contributed by atoms with Gasteiger partial charge in [-0.1, -0.05) is 30.7 Å². The molecule has 1 saturated heterocycles. The average Bonchev–Trinajstić information content (AvgIpc) is 2.82. The van der Waals surface area contributed by atoms with E-state index < -0.39 is 4.92 Å². The summed E-state index contributed by atoms with van der Waals surface area (Å²) in [5.41, 5.74) is -0.0192. The summed E-state index contributed by atoms with van der Waals surface area (Å²) in [5, 5.41) is 20.3. The number of nitrogens with zero attached hydrogens (tertiary/aromatic N) is 4. The second-order valence-electron chi connectivity index (χ2n) is 6.10. The number of hydrogen-bond acceptors (Lipinski definition) is 5. The summed E-state index contributed by atoms with van der Waals surface area (Å²) in [6.07, 6.45) is 10.2. The molecular formula is C14H22N4O3. The predicted octanol–water partition coefficient (Wildman–Crippen LogP) is 1.56. The van der Waals surface area contributed by atoms with Gasteiger partial charge in [0, 0.05) is 12.6 Å². The highest BCUT2D eigenvalue weighted by Gasteiger charge is 2.62. The van der Waals surface area contributed by atoms with E-state index in [0.717, 1.165) is 19.3 Å². The maximum atomic E-state index is 11.0. The number of aromatic nitrogens is 2. The summed E-state index contributed by atoms with van der Waals surface area (Å²) < 4.78 is 1.66. The van der Waals surface area contributed by atoms with E-state index in [0.29, 0.717) is 19.1 Å². The van der Waals surface area contributed by atoms with Gasteiger partial charge in [-0.2, -0.15) is 0 Å². The second-order valence-corrected chi connectivity index (χ2v) is 6.10. The van der Waals surface area contributed by atoms with Crippen LogP contribution in [0.3, 0.4) is 0 Å². The number of nitro groups is 1. The molecule has 3 unspecified atom stereocenters. The number of aliphatic hydroxyl groups excluding tert-OH is 1. The van der Waals surface area contributed by atoms with Gasteiger partial charge in [0.05, 0.1) is 18.7 Å². The number of fused-ring (bicyclic) bond motifs is 1. The van der Waals surface area contributed by atoms with Gasteiger partial charge in [-0.3, -0.25) is 4.90 Å². The molecule has 2 aliphatic rings. The molecule has 0 spiro atoms. The van der Waals surface area contributed by atoms with Crippen LogP contribution in [0.5, 0.6) is 0 Å². The molecule has 1 aromatic heterocycles. The molecular weight excluding hydrogens is 272 g/mol. The topological polar surface area (TPSA) is 84.2 Å². The van der Waals surface area contributed by atoms with E-state index in [4.69, 9.17) is 0 Å². The van der Waals surface area contributed by atoms with Crippen LogP contribution in [0.1, 0.15) is 38.5 Å². The summed E-state index contributed by atoms with van der Waals surface area (Å²) in [4.78, 5) is 16.8. The first-order valence-electron chi connectivity index (χ1n) is 7.72. The van der Waals surface area contributed by atoms with Crippen molar-refractivity contribution in [3.05, 3.63) is 22.5 Å². The largest absolute Gasteiger partial charge is 0.434 e. The molecule has 0 bridgehead atoms. The first kappa shape index (κ1) is 14.5. The molecule has 2 heterocycles. The van der Waals surface area contributed by atoms with Crippen LogP contribution in [0.4, 0.5) is 5.95 Å². The van der Waals surface area contributed by atoms with Gasteiger partial charge in [0.25, 0.3) is 0 Å². The molecule has 1 aliphatic heterocycles. The van der Waals surface area contributed by atoms with Crippen molar-refractivity contribution in [2.75, 3.05) is 13.2 Å². The Kier molecular flexibility index (Phi) is 3.95. The summed E-state index contributed by atoms with van der Waals surface area (Å²) in [6, 6.07) is 0.451. The second kappa shape index (κ2) is 5.73. The Morgan fingerprint density at radius 1 is 1.43 bits per heavy atom. The van der Waals surface area contributed by atoms with Crippen LogP contribution in [0.25, 0.3) is 0 Å². The molecule has 21 heavy (non-hydrogen) atoms. The molecule has 0 aromatic carbocycles. The Balaban J connectivity index is 1.82. The van der Waals surface area contributed by atoms with Crippen LogP contribution in [-0.2, 0) is 6.54 Å². The first-order chi connectivity index (χ1) is 10.2. The zero-order chi connectivity index (χ0) is 14.9. The van der Waals surface area contributed by atoms with Crippen LogP contribution in [0.15, 0.2) is 12.4 Å². The predicted molar refractivity (Wildman–Crippen MR) is 76.9 cm³/mol. The summed E-state index contributed by atoms with van der Waals surface area (Å²) in [5.74, 6) is -0.0824. The first-order valence-corrected chi connectivity index (χ1v) is 7.72. The summed E-state index contributed by atoms with van der Waals surface area (Å²) in [7, 11) is 0. The molecule has 3 atom stereocenters. The number of aliphatic hydroxyl groups is 1. The van der Waals surface area contributed by atoms with Gasteiger partial charge < -0.3 is 15.2 Å². The third-order valence-corrected chi connectivity index (χ3v) is 4.98. The zero-order valence-electron chi connectivity index (χ0n) is 12.1. The fourth-order valence-corrected chi connectivity index (χ4v) is 4.02. The van der Waals surface area contributed by atoms with Gasteiger partial charge in [0.2, 0.25) is 0 Å². The van der Waals surface area contributed by atoms with E-state index in [1.54, 1.807) is 10.8 Å². The Morgan fingerprint density at radius 3 is 3.00 bits per heavy atom. The third kappa shape index (κ3) is 2.55. The number of β-amino-alcohol motifs (C(OH)–C–C–N with tert-alkyl or cyclic N) is 1. The van der Waals surface area contributed by atoms with Crippen LogP contribution in [-0.4, -0.2) is 49.2 Å². The highest BCUT2D eigenvalue weighted by Crippen LogP contribution is 2.50. The van der Waals surface area contributed by atoms with Crippen molar-refractivity contribution in [2.45, 2.75) is 56.7 Å². The van der Waals surface area contributed by atoms with E-state index in [-0.39, 0.29) is 18.1 Å². The minimum Gasteiger partial charge on any atom is -0.395 e. The quantitative estimate of drug-likeness (QED) is 0.506. The Hall–Kier alpha value is -1.47. The van der Waals surface area contributed by atoms with Gasteiger partial charge in [-0.25, -0.2) is 4.57 Å².